The Labute approximate surface area is 112 Å². The Morgan fingerprint density at radius 3 is 2.72 bits per heavy atom. The van der Waals surface area contributed by atoms with E-state index in [0.29, 0.717) is 0 Å². The van der Waals surface area contributed by atoms with Crippen molar-refractivity contribution < 1.29 is 4.74 Å². The Balaban J connectivity index is 1.66. The zero-order chi connectivity index (χ0) is 12.8. The van der Waals surface area contributed by atoms with Crippen molar-refractivity contribution in [2.45, 2.75) is 45.1 Å². The van der Waals surface area contributed by atoms with Gasteiger partial charge < -0.3 is 10.1 Å². The second-order valence-corrected chi connectivity index (χ2v) is 6.11. The second kappa shape index (κ2) is 7.46. The van der Waals surface area contributed by atoms with E-state index in [1.807, 2.05) is 7.11 Å². The standard InChI is InChI=1S/C15H30N2O/c1-13(15-5-6-15)17(10-11-18-2)9-3-4-14-7-8-16-12-14/h13-16H,3-12H2,1-2H3. The summed E-state index contributed by atoms with van der Waals surface area (Å²) in [6, 6.07) is 0.766. The molecule has 1 aliphatic heterocycles. The van der Waals surface area contributed by atoms with Crippen LogP contribution in [0, 0.1) is 11.8 Å². The largest absolute Gasteiger partial charge is 0.383 e. The van der Waals surface area contributed by atoms with Gasteiger partial charge in [-0.05, 0) is 70.5 Å². The molecule has 0 radical (unpaired) electrons. The molecule has 2 atom stereocenters. The maximum atomic E-state index is 5.25. The van der Waals surface area contributed by atoms with Crippen LogP contribution in [0.2, 0.25) is 0 Å². The van der Waals surface area contributed by atoms with Crippen LogP contribution in [0.15, 0.2) is 0 Å². The van der Waals surface area contributed by atoms with Crippen molar-refractivity contribution in [2.24, 2.45) is 11.8 Å². The highest BCUT2D eigenvalue weighted by molar-refractivity contribution is 4.85. The van der Waals surface area contributed by atoms with E-state index in [9.17, 15) is 0 Å². The second-order valence-electron chi connectivity index (χ2n) is 6.11. The Morgan fingerprint density at radius 1 is 1.28 bits per heavy atom. The lowest BCUT2D eigenvalue weighted by atomic mass is 10.0. The highest BCUT2D eigenvalue weighted by Gasteiger charge is 2.31. The summed E-state index contributed by atoms with van der Waals surface area (Å²) in [5.41, 5.74) is 0. The summed E-state index contributed by atoms with van der Waals surface area (Å²) >= 11 is 0. The smallest absolute Gasteiger partial charge is 0.0589 e. The molecule has 0 bridgehead atoms. The Kier molecular flexibility index (Phi) is 5.93. The van der Waals surface area contributed by atoms with Gasteiger partial charge >= 0.3 is 0 Å². The molecule has 0 aromatic carbocycles. The van der Waals surface area contributed by atoms with Gasteiger partial charge in [-0.25, -0.2) is 0 Å². The minimum atomic E-state index is 0.766. The fraction of sp³-hybridized carbons (Fsp3) is 1.00. The van der Waals surface area contributed by atoms with Crippen molar-refractivity contribution in [1.29, 1.82) is 0 Å². The first-order valence-corrected chi connectivity index (χ1v) is 7.75. The number of rotatable bonds is 9. The number of nitrogens with one attached hydrogen (secondary N) is 1. The normalized spacial score (nSPS) is 25.8. The molecule has 3 heteroatoms. The molecule has 1 heterocycles. The number of hydrogen-bond acceptors (Lipinski definition) is 3. The monoisotopic (exact) mass is 254 g/mol. The quantitative estimate of drug-likeness (QED) is 0.682. The molecule has 1 N–H and O–H groups in total. The summed E-state index contributed by atoms with van der Waals surface area (Å²) < 4.78 is 5.25. The molecule has 3 nitrogen and oxygen atoms in total. The maximum absolute atomic E-state index is 5.25. The zero-order valence-electron chi connectivity index (χ0n) is 12.2. The van der Waals surface area contributed by atoms with Gasteiger partial charge in [-0.1, -0.05) is 0 Å². The molecular weight excluding hydrogens is 224 g/mol. The summed E-state index contributed by atoms with van der Waals surface area (Å²) in [6.45, 7) is 8.13. The fourth-order valence-electron chi connectivity index (χ4n) is 3.15. The average molecular weight is 254 g/mol. The predicted molar refractivity (Wildman–Crippen MR) is 75.8 cm³/mol. The van der Waals surface area contributed by atoms with Gasteiger partial charge in [-0.3, -0.25) is 4.90 Å². The van der Waals surface area contributed by atoms with Gasteiger partial charge in [0.25, 0.3) is 0 Å². The van der Waals surface area contributed by atoms with E-state index in [0.717, 1.165) is 31.0 Å². The lowest BCUT2D eigenvalue weighted by Gasteiger charge is -2.29. The minimum absolute atomic E-state index is 0.766. The summed E-state index contributed by atoms with van der Waals surface area (Å²) in [6.07, 6.45) is 7.02. The van der Waals surface area contributed by atoms with E-state index in [1.54, 1.807) is 0 Å². The minimum Gasteiger partial charge on any atom is -0.383 e. The molecule has 1 aliphatic carbocycles. The maximum Gasteiger partial charge on any atom is 0.0589 e. The average Bonchev–Trinajstić information content (AvgIpc) is 3.11. The van der Waals surface area contributed by atoms with Gasteiger partial charge in [0.15, 0.2) is 0 Å². The van der Waals surface area contributed by atoms with E-state index in [-0.39, 0.29) is 0 Å². The van der Waals surface area contributed by atoms with Gasteiger partial charge in [-0.15, -0.1) is 0 Å². The lowest BCUT2D eigenvalue weighted by Crippen LogP contribution is -2.38. The van der Waals surface area contributed by atoms with Crippen LogP contribution in [0.25, 0.3) is 0 Å². The molecular formula is C15H30N2O. The third kappa shape index (κ3) is 4.52. The Bertz CT molecular complexity index is 225. The van der Waals surface area contributed by atoms with Crippen molar-refractivity contribution in [1.82, 2.24) is 10.2 Å². The predicted octanol–water partition coefficient (Wildman–Crippen LogP) is 2.12. The van der Waals surface area contributed by atoms with Crippen LogP contribution in [0.4, 0.5) is 0 Å². The van der Waals surface area contributed by atoms with Crippen LogP contribution in [0.3, 0.4) is 0 Å². The molecule has 2 fully saturated rings. The van der Waals surface area contributed by atoms with Crippen molar-refractivity contribution in [3.63, 3.8) is 0 Å². The molecule has 0 amide bonds. The third-order valence-electron chi connectivity index (χ3n) is 4.68. The molecule has 106 valence electrons. The number of hydrogen-bond donors (Lipinski definition) is 1. The molecule has 2 aliphatic rings. The molecule has 0 spiro atoms. The topological polar surface area (TPSA) is 24.5 Å². The molecule has 2 rings (SSSR count). The van der Waals surface area contributed by atoms with Gasteiger partial charge in [0.2, 0.25) is 0 Å². The van der Waals surface area contributed by atoms with Crippen LogP contribution < -0.4 is 5.32 Å². The van der Waals surface area contributed by atoms with Crippen LogP contribution in [-0.4, -0.2) is 50.8 Å². The van der Waals surface area contributed by atoms with Crippen molar-refractivity contribution in [3.05, 3.63) is 0 Å². The van der Waals surface area contributed by atoms with Crippen LogP contribution in [-0.2, 0) is 4.74 Å². The lowest BCUT2D eigenvalue weighted by molar-refractivity contribution is 0.114. The van der Waals surface area contributed by atoms with E-state index >= 15 is 0 Å². The number of methoxy groups -OCH3 is 1. The van der Waals surface area contributed by atoms with Gasteiger partial charge in [0.1, 0.15) is 0 Å². The first kappa shape index (κ1) is 14.3. The summed E-state index contributed by atoms with van der Waals surface area (Å²) in [7, 11) is 1.81. The van der Waals surface area contributed by atoms with E-state index < -0.39 is 0 Å². The van der Waals surface area contributed by atoms with Crippen LogP contribution in [0.1, 0.15) is 39.0 Å². The Hall–Kier alpha value is -0.120. The summed E-state index contributed by atoms with van der Waals surface area (Å²) in [4.78, 5) is 2.66. The fourth-order valence-corrected chi connectivity index (χ4v) is 3.15. The van der Waals surface area contributed by atoms with E-state index in [1.165, 1.54) is 51.7 Å². The summed E-state index contributed by atoms with van der Waals surface area (Å²) in [5.74, 6) is 1.90. The molecule has 1 saturated heterocycles. The van der Waals surface area contributed by atoms with Crippen molar-refractivity contribution in [2.75, 3.05) is 39.9 Å². The molecule has 2 unspecified atom stereocenters. The SMILES string of the molecule is COCCN(CCCC1CCNC1)C(C)C1CC1. The van der Waals surface area contributed by atoms with Crippen LogP contribution >= 0.6 is 0 Å². The zero-order valence-corrected chi connectivity index (χ0v) is 12.2. The van der Waals surface area contributed by atoms with E-state index in [2.05, 4.69) is 17.1 Å². The van der Waals surface area contributed by atoms with Gasteiger partial charge in [0.05, 0.1) is 6.61 Å². The number of ether oxygens (including phenoxy) is 1. The molecule has 0 aromatic heterocycles. The van der Waals surface area contributed by atoms with Crippen LogP contribution in [0.5, 0.6) is 0 Å². The van der Waals surface area contributed by atoms with Crippen molar-refractivity contribution >= 4 is 0 Å². The summed E-state index contributed by atoms with van der Waals surface area (Å²) in [5, 5.41) is 3.46. The molecule has 0 aromatic rings. The van der Waals surface area contributed by atoms with Gasteiger partial charge in [0, 0.05) is 19.7 Å². The number of nitrogens with zero attached hydrogens (tertiary/aromatic N) is 1. The first-order valence-electron chi connectivity index (χ1n) is 7.75. The van der Waals surface area contributed by atoms with E-state index in [4.69, 9.17) is 4.74 Å². The third-order valence-corrected chi connectivity index (χ3v) is 4.68. The highest BCUT2D eigenvalue weighted by Crippen LogP contribution is 2.35. The molecule has 18 heavy (non-hydrogen) atoms. The van der Waals surface area contributed by atoms with Crippen molar-refractivity contribution in [3.8, 4) is 0 Å². The van der Waals surface area contributed by atoms with Gasteiger partial charge in [-0.2, -0.15) is 0 Å². The highest BCUT2D eigenvalue weighted by atomic mass is 16.5. The molecule has 1 saturated carbocycles. The first-order chi connectivity index (χ1) is 8.81. The Morgan fingerprint density at radius 2 is 2.11 bits per heavy atom.